The number of nitrogen functional groups attached to an aromatic ring is 2. The van der Waals surface area contributed by atoms with Crippen LogP contribution in [0.25, 0.3) is 0 Å². The average molecular weight is 304 g/mol. The van der Waals surface area contributed by atoms with Gasteiger partial charge in [0, 0.05) is 11.3 Å². The van der Waals surface area contributed by atoms with E-state index in [1.54, 1.807) is 0 Å². The van der Waals surface area contributed by atoms with Gasteiger partial charge in [0.1, 0.15) is 5.02 Å². The number of nitrogens with two attached hydrogens (primary N) is 2. The molecule has 6 heteroatoms. The Morgan fingerprint density at radius 1 is 1.37 bits per heavy atom. The Labute approximate surface area is 122 Å². The van der Waals surface area contributed by atoms with Crippen LogP contribution in [0, 0.1) is 5.82 Å². The first kappa shape index (κ1) is 14.6. The van der Waals surface area contributed by atoms with Gasteiger partial charge in [-0.25, -0.2) is 4.39 Å². The maximum Gasteiger partial charge on any atom is 0.169 e. The molecule has 1 aromatic rings. The predicted octanol–water partition coefficient (Wildman–Crippen LogP) is 3.73. The molecule has 2 rings (SSSR count). The molecule has 0 saturated heterocycles. The molecular weight excluding hydrogens is 285 g/mol. The summed E-state index contributed by atoms with van der Waals surface area (Å²) in [5, 5.41) is 3.76. The van der Waals surface area contributed by atoms with Crippen molar-refractivity contribution >= 4 is 40.4 Å². The lowest BCUT2D eigenvalue weighted by Gasteiger charge is -2.30. The summed E-state index contributed by atoms with van der Waals surface area (Å²) in [6.07, 6.45) is 6.52. The van der Waals surface area contributed by atoms with Crippen molar-refractivity contribution in [3.05, 3.63) is 16.9 Å². The molecule has 1 aliphatic carbocycles. The molecule has 1 aliphatic rings. The molecule has 2 atom stereocenters. The second-order valence-corrected chi connectivity index (χ2v) is 6.44. The number of hydrogen-bond donors (Lipinski definition) is 3. The zero-order valence-corrected chi connectivity index (χ0v) is 12.5. The minimum Gasteiger partial charge on any atom is -0.397 e. The zero-order chi connectivity index (χ0) is 14.0. The molecule has 0 heterocycles. The summed E-state index contributed by atoms with van der Waals surface area (Å²) in [4.78, 5) is 0. The van der Waals surface area contributed by atoms with Crippen LogP contribution in [-0.4, -0.2) is 17.5 Å². The van der Waals surface area contributed by atoms with Crippen LogP contribution in [0.4, 0.5) is 21.5 Å². The summed E-state index contributed by atoms with van der Waals surface area (Å²) < 4.78 is 14.1. The number of halogens is 2. The lowest BCUT2D eigenvalue weighted by atomic mass is 9.94. The fraction of sp³-hybridized carbons (Fsp3) is 0.538. The summed E-state index contributed by atoms with van der Waals surface area (Å²) in [6, 6.07) is 1.74. The van der Waals surface area contributed by atoms with Crippen molar-refractivity contribution in [2.24, 2.45) is 0 Å². The van der Waals surface area contributed by atoms with Crippen LogP contribution < -0.4 is 16.8 Å². The smallest absolute Gasteiger partial charge is 0.169 e. The molecule has 0 aromatic heterocycles. The summed E-state index contributed by atoms with van der Waals surface area (Å²) >= 11 is 7.69. The lowest BCUT2D eigenvalue weighted by Crippen LogP contribution is -2.29. The Kier molecular flexibility index (Phi) is 4.68. The van der Waals surface area contributed by atoms with Gasteiger partial charge in [0.25, 0.3) is 0 Å². The quantitative estimate of drug-likeness (QED) is 0.745. The van der Waals surface area contributed by atoms with E-state index >= 15 is 0 Å². The normalized spacial score (nSPS) is 23.3. The van der Waals surface area contributed by atoms with Gasteiger partial charge in [-0.2, -0.15) is 11.8 Å². The molecule has 5 N–H and O–H groups in total. The summed E-state index contributed by atoms with van der Waals surface area (Å²) in [6.45, 7) is 0. The molecule has 1 saturated carbocycles. The monoisotopic (exact) mass is 303 g/mol. The van der Waals surface area contributed by atoms with E-state index in [-0.39, 0.29) is 22.4 Å². The minimum atomic E-state index is -0.551. The Morgan fingerprint density at radius 2 is 2.11 bits per heavy atom. The van der Waals surface area contributed by atoms with E-state index in [0.29, 0.717) is 10.9 Å². The molecule has 1 aromatic carbocycles. The van der Waals surface area contributed by atoms with Gasteiger partial charge in [-0.05, 0) is 31.6 Å². The van der Waals surface area contributed by atoms with Crippen molar-refractivity contribution in [2.75, 3.05) is 23.0 Å². The van der Waals surface area contributed by atoms with Gasteiger partial charge in [-0.3, -0.25) is 0 Å². The highest BCUT2D eigenvalue weighted by Gasteiger charge is 2.23. The van der Waals surface area contributed by atoms with Crippen molar-refractivity contribution in [3.8, 4) is 0 Å². The number of anilines is 3. The zero-order valence-electron chi connectivity index (χ0n) is 10.9. The molecule has 0 spiro atoms. The van der Waals surface area contributed by atoms with E-state index < -0.39 is 5.82 Å². The highest BCUT2D eigenvalue weighted by atomic mass is 35.5. The maximum absolute atomic E-state index is 14.1. The third-order valence-electron chi connectivity index (χ3n) is 3.57. The molecule has 106 valence electrons. The van der Waals surface area contributed by atoms with Gasteiger partial charge in [0.2, 0.25) is 0 Å². The van der Waals surface area contributed by atoms with E-state index in [9.17, 15) is 4.39 Å². The first-order valence-electron chi connectivity index (χ1n) is 6.35. The van der Waals surface area contributed by atoms with E-state index in [1.807, 2.05) is 11.8 Å². The van der Waals surface area contributed by atoms with Crippen molar-refractivity contribution in [1.82, 2.24) is 0 Å². The van der Waals surface area contributed by atoms with E-state index in [4.69, 9.17) is 23.1 Å². The largest absolute Gasteiger partial charge is 0.397 e. The maximum atomic E-state index is 14.1. The van der Waals surface area contributed by atoms with Gasteiger partial charge < -0.3 is 16.8 Å². The average Bonchev–Trinajstić information content (AvgIpc) is 2.41. The standard InChI is InChI=1S/C13H19ClFN3S/c1-19-8-4-2-3-7(5-8)18-13-10(17)6-9(16)11(14)12(13)15/h6-8,18H,2-5,16-17H2,1H3. The number of benzene rings is 1. The fourth-order valence-electron chi connectivity index (χ4n) is 2.51. The molecule has 19 heavy (non-hydrogen) atoms. The molecule has 0 amide bonds. The number of nitrogens with one attached hydrogen (secondary N) is 1. The van der Waals surface area contributed by atoms with Crippen LogP contribution in [0.3, 0.4) is 0 Å². The Morgan fingerprint density at radius 3 is 2.79 bits per heavy atom. The third-order valence-corrected chi connectivity index (χ3v) is 5.05. The molecule has 0 bridgehead atoms. The van der Waals surface area contributed by atoms with Crippen molar-refractivity contribution in [1.29, 1.82) is 0 Å². The van der Waals surface area contributed by atoms with Crippen LogP contribution in [0.15, 0.2) is 6.07 Å². The van der Waals surface area contributed by atoms with Crippen molar-refractivity contribution in [3.63, 3.8) is 0 Å². The Balaban J connectivity index is 2.17. The SMILES string of the molecule is CSC1CCCC(Nc2c(N)cc(N)c(Cl)c2F)C1. The van der Waals surface area contributed by atoms with Crippen LogP contribution in [0.5, 0.6) is 0 Å². The summed E-state index contributed by atoms with van der Waals surface area (Å²) in [5.74, 6) is -0.551. The van der Waals surface area contributed by atoms with Crippen LogP contribution >= 0.6 is 23.4 Å². The lowest BCUT2D eigenvalue weighted by molar-refractivity contribution is 0.471. The Bertz CT molecular complexity index is 470. The van der Waals surface area contributed by atoms with Crippen LogP contribution in [0.2, 0.25) is 5.02 Å². The fourth-order valence-corrected chi connectivity index (χ4v) is 3.48. The van der Waals surface area contributed by atoms with Gasteiger partial charge in [0.15, 0.2) is 5.82 Å². The van der Waals surface area contributed by atoms with Gasteiger partial charge in [0.05, 0.1) is 17.1 Å². The van der Waals surface area contributed by atoms with Gasteiger partial charge in [-0.1, -0.05) is 18.0 Å². The van der Waals surface area contributed by atoms with Crippen molar-refractivity contribution in [2.45, 2.75) is 37.0 Å². The van der Waals surface area contributed by atoms with Crippen LogP contribution in [0.1, 0.15) is 25.7 Å². The van der Waals surface area contributed by atoms with Gasteiger partial charge >= 0.3 is 0 Å². The highest BCUT2D eigenvalue weighted by molar-refractivity contribution is 7.99. The second-order valence-electron chi connectivity index (χ2n) is 4.92. The summed E-state index contributed by atoms with van der Waals surface area (Å²) in [5.41, 5.74) is 12.2. The molecular formula is C13H19ClFN3S. The molecule has 3 nitrogen and oxygen atoms in total. The topological polar surface area (TPSA) is 64.1 Å². The highest BCUT2D eigenvalue weighted by Crippen LogP contribution is 2.36. The van der Waals surface area contributed by atoms with Crippen LogP contribution in [-0.2, 0) is 0 Å². The molecule has 1 fully saturated rings. The number of rotatable bonds is 3. The molecule has 0 radical (unpaired) electrons. The first-order chi connectivity index (χ1) is 9.02. The second kappa shape index (κ2) is 6.09. The third kappa shape index (κ3) is 3.20. The molecule has 2 unspecified atom stereocenters. The van der Waals surface area contributed by atoms with E-state index in [2.05, 4.69) is 11.6 Å². The number of hydrogen-bond acceptors (Lipinski definition) is 4. The summed E-state index contributed by atoms with van der Waals surface area (Å²) in [7, 11) is 0. The van der Waals surface area contributed by atoms with Crippen molar-refractivity contribution < 1.29 is 4.39 Å². The first-order valence-corrected chi connectivity index (χ1v) is 8.01. The molecule has 0 aliphatic heterocycles. The minimum absolute atomic E-state index is 0.0612. The van der Waals surface area contributed by atoms with E-state index in [0.717, 1.165) is 19.3 Å². The van der Waals surface area contributed by atoms with Gasteiger partial charge in [-0.15, -0.1) is 0 Å². The Hall–Kier alpha value is -0.810. The number of thioether (sulfide) groups is 1. The predicted molar refractivity (Wildman–Crippen MR) is 83.4 cm³/mol. The van der Waals surface area contributed by atoms with E-state index in [1.165, 1.54) is 12.5 Å².